The summed E-state index contributed by atoms with van der Waals surface area (Å²) in [5.74, 6) is 2.47. The standard InChI is InChI=1S/C14H18N2O2S/c1-15-12-13-11(3-6-18-13)2-5-16(14(12)17)8-10-4-7-19-9-10/h3-4,6-7,10,12,15H,2,5,8-9H2,1H3. The second-order valence-electron chi connectivity index (χ2n) is 4.99. The molecule has 0 spiro atoms. The number of fused-ring (bicyclic) bond motifs is 1. The molecule has 3 heterocycles. The van der Waals surface area contributed by atoms with Crippen LogP contribution in [0.1, 0.15) is 17.4 Å². The van der Waals surface area contributed by atoms with Crippen LogP contribution in [0, 0.1) is 5.92 Å². The number of hydrogen-bond donors (Lipinski definition) is 1. The smallest absolute Gasteiger partial charge is 0.247 e. The van der Waals surface area contributed by atoms with E-state index in [9.17, 15) is 4.79 Å². The molecule has 4 nitrogen and oxygen atoms in total. The van der Waals surface area contributed by atoms with Crippen molar-refractivity contribution in [3.8, 4) is 0 Å². The maximum atomic E-state index is 12.6. The molecule has 1 N–H and O–H groups in total. The molecule has 2 aliphatic rings. The van der Waals surface area contributed by atoms with Gasteiger partial charge < -0.3 is 14.6 Å². The fourth-order valence-electron chi connectivity index (χ4n) is 2.70. The van der Waals surface area contributed by atoms with Crippen molar-refractivity contribution in [1.82, 2.24) is 10.2 Å². The number of rotatable bonds is 3. The molecule has 2 unspecified atom stereocenters. The van der Waals surface area contributed by atoms with E-state index < -0.39 is 0 Å². The zero-order valence-electron chi connectivity index (χ0n) is 11.0. The number of thioether (sulfide) groups is 1. The third-order valence-corrected chi connectivity index (χ3v) is 4.72. The number of hydrogen-bond acceptors (Lipinski definition) is 4. The molecule has 0 aromatic carbocycles. The van der Waals surface area contributed by atoms with Crippen molar-refractivity contribution in [1.29, 1.82) is 0 Å². The quantitative estimate of drug-likeness (QED) is 0.916. The predicted molar refractivity (Wildman–Crippen MR) is 75.9 cm³/mol. The summed E-state index contributed by atoms with van der Waals surface area (Å²) in [6.45, 7) is 1.59. The Labute approximate surface area is 117 Å². The molecular weight excluding hydrogens is 260 g/mol. The molecule has 19 heavy (non-hydrogen) atoms. The van der Waals surface area contributed by atoms with Crippen molar-refractivity contribution in [2.45, 2.75) is 12.5 Å². The first kappa shape index (κ1) is 12.8. The van der Waals surface area contributed by atoms with Gasteiger partial charge in [0.1, 0.15) is 11.8 Å². The van der Waals surface area contributed by atoms with Gasteiger partial charge in [-0.2, -0.15) is 0 Å². The number of carbonyl (C=O) groups excluding carboxylic acids is 1. The third kappa shape index (κ3) is 2.44. The van der Waals surface area contributed by atoms with Crippen molar-refractivity contribution in [3.05, 3.63) is 35.1 Å². The second-order valence-corrected chi connectivity index (χ2v) is 5.93. The molecule has 1 aromatic rings. The maximum absolute atomic E-state index is 12.6. The minimum absolute atomic E-state index is 0.126. The van der Waals surface area contributed by atoms with Crippen molar-refractivity contribution in [2.75, 3.05) is 25.9 Å². The summed E-state index contributed by atoms with van der Waals surface area (Å²) in [4.78, 5) is 14.6. The van der Waals surface area contributed by atoms with Crippen molar-refractivity contribution < 1.29 is 9.21 Å². The first-order valence-corrected chi connectivity index (χ1v) is 7.65. The number of furan rings is 1. The van der Waals surface area contributed by atoms with Crippen LogP contribution >= 0.6 is 11.8 Å². The van der Waals surface area contributed by atoms with Crippen LogP contribution < -0.4 is 5.32 Å². The van der Waals surface area contributed by atoms with Gasteiger partial charge in [0.05, 0.1) is 6.26 Å². The Kier molecular flexibility index (Phi) is 3.66. The van der Waals surface area contributed by atoms with Crippen LogP contribution in [-0.2, 0) is 11.2 Å². The minimum atomic E-state index is -0.342. The van der Waals surface area contributed by atoms with Crippen LogP contribution in [0.2, 0.25) is 0 Å². The first-order valence-electron chi connectivity index (χ1n) is 6.60. The van der Waals surface area contributed by atoms with Gasteiger partial charge in [-0.15, -0.1) is 11.8 Å². The number of nitrogens with zero attached hydrogens (tertiary/aromatic N) is 1. The van der Waals surface area contributed by atoms with Gasteiger partial charge in [0.2, 0.25) is 5.91 Å². The fourth-order valence-corrected chi connectivity index (χ4v) is 3.61. The van der Waals surface area contributed by atoms with E-state index in [0.717, 1.165) is 36.6 Å². The lowest BCUT2D eigenvalue weighted by Gasteiger charge is -2.26. The van der Waals surface area contributed by atoms with Crippen molar-refractivity contribution >= 4 is 17.7 Å². The van der Waals surface area contributed by atoms with Gasteiger partial charge in [0.15, 0.2) is 0 Å². The lowest BCUT2D eigenvalue weighted by Crippen LogP contribution is -2.41. The molecule has 1 amide bonds. The highest BCUT2D eigenvalue weighted by atomic mass is 32.2. The zero-order chi connectivity index (χ0) is 13.2. The van der Waals surface area contributed by atoms with E-state index in [4.69, 9.17) is 4.42 Å². The Morgan fingerprint density at radius 3 is 3.21 bits per heavy atom. The van der Waals surface area contributed by atoms with Crippen LogP contribution in [0.5, 0.6) is 0 Å². The molecule has 3 rings (SSSR count). The Morgan fingerprint density at radius 1 is 1.58 bits per heavy atom. The predicted octanol–water partition coefficient (Wildman–Crippen LogP) is 1.80. The maximum Gasteiger partial charge on any atom is 0.247 e. The zero-order valence-corrected chi connectivity index (χ0v) is 11.8. The largest absolute Gasteiger partial charge is 0.467 e. The molecule has 0 saturated carbocycles. The Morgan fingerprint density at radius 2 is 2.47 bits per heavy atom. The molecule has 1 aromatic heterocycles. The van der Waals surface area contributed by atoms with Crippen LogP contribution in [0.15, 0.2) is 28.2 Å². The summed E-state index contributed by atoms with van der Waals surface area (Å²) in [5, 5.41) is 5.21. The van der Waals surface area contributed by atoms with Gasteiger partial charge in [-0.25, -0.2) is 0 Å². The first-order chi connectivity index (χ1) is 9.29. The lowest BCUT2D eigenvalue weighted by atomic mass is 10.1. The lowest BCUT2D eigenvalue weighted by molar-refractivity contribution is -0.133. The van der Waals surface area contributed by atoms with Gasteiger partial charge in [-0.05, 0) is 30.5 Å². The monoisotopic (exact) mass is 278 g/mol. The topological polar surface area (TPSA) is 45.5 Å². The number of likely N-dealkylation sites (N-methyl/N-ethyl adjacent to an activating group) is 1. The Bertz CT molecular complexity index is 497. The normalized spacial score (nSPS) is 26.6. The molecule has 2 atom stereocenters. The summed E-state index contributed by atoms with van der Waals surface area (Å²) in [6.07, 6.45) is 4.75. The van der Waals surface area contributed by atoms with Gasteiger partial charge in [0.25, 0.3) is 0 Å². The van der Waals surface area contributed by atoms with Gasteiger partial charge in [0, 0.05) is 24.8 Å². The third-order valence-electron chi connectivity index (χ3n) is 3.75. The molecule has 0 bridgehead atoms. The van der Waals surface area contributed by atoms with E-state index in [0.29, 0.717) is 5.92 Å². The molecular formula is C14H18N2O2S. The van der Waals surface area contributed by atoms with Gasteiger partial charge in [-0.3, -0.25) is 4.79 Å². The molecule has 2 aliphatic heterocycles. The highest BCUT2D eigenvalue weighted by molar-refractivity contribution is 8.02. The van der Waals surface area contributed by atoms with E-state index in [1.807, 2.05) is 29.8 Å². The van der Waals surface area contributed by atoms with Crippen LogP contribution in [-0.4, -0.2) is 36.7 Å². The minimum Gasteiger partial charge on any atom is -0.467 e. The van der Waals surface area contributed by atoms with Crippen LogP contribution in [0.3, 0.4) is 0 Å². The summed E-state index contributed by atoms with van der Waals surface area (Å²) >= 11 is 1.82. The Hall–Kier alpha value is -1.20. The van der Waals surface area contributed by atoms with Crippen LogP contribution in [0.4, 0.5) is 0 Å². The fraction of sp³-hybridized carbons (Fsp3) is 0.500. The summed E-state index contributed by atoms with van der Waals surface area (Å²) in [6, 6.07) is 1.63. The molecule has 0 saturated heterocycles. The number of amides is 1. The average Bonchev–Trinajstić information content (AvgIpc) is 3.04. The highest BCUT2D eigenvalue weighted by Crippen LogP contribution is 2.27. The van der Waals surface area contributed by atoms with E-state index in [2.05, 4.69) is 16.8 Å². The number of nitrogens with one attached hydrogen (secondary N) is 1. The molecule has 5 heteroatoms. The Balaban J connectivity index is 1.79. The van der Waals surface area contributed by atoms with E-state index >= 15 is 0 Å². The summed E-state index contributed by atoms with van der Waals surface area (Å²) < 4.78 is 5.50. The van der Waals surface area contributed by atoms with Crippen LogP contribution in [0.25, 0.3) is 0 Å². The summed E-state index contributed by atoms with van der Waals surface area (Å²) in [7, 11) is 1.81. The molecule has 102 valence electrons. The molecule has 0 radical (unpaired) electrons. The van der Waals surface area contributed by atoms with Crippen molar-refractivity contribution in [2.24, 2.45) is 5.92 Å². The van der Waals surface area contributed by atoms with E-state index in [-0.39, 0.29) is 11.9 Å². The van der Waals surface area contributed by atoms with Gasteiger partial charge in [-0.1, -0.05) is 6.08 Å². The van der Waals surface area contributed by atoms with Crippen molar-refractivity contribution in [3.63, 3.8) is 0 Å². The SMILES string of the molecule is CNC1C(=O)N(CC2C=CSC2)CCc2ccoc21. The average molecular weight is 278 g/mol. The van der Waals surface area contributed by atoms with Gasteiger partial charge >= 0.3 is 0 Å². The van der Waals surface area contributed by atoms with E-state index in [1.165, 1.54) is 0 Å². The molecule has 0 aliphatic carbocycles. The highest BCUT2D eigenvalue weighted by Gasteiger charge is 2.33. The van der Waals surface area contributed by atoms with E-state index in [1.54, 1.807) is 6.26 Å². The molecule has 0 fully saturated rings. The second kappa shape index (κ2) is 5.43. The summed E-state index contributed by atoms with van der Waals surface area (Å²) in [5.41, 5.74) is 1.14. The number of carbonyl (C=O) groups is 1.